The van der Waals surface area contributed by atoms with E-state index in [-0.39, 0.29) is 6.04 Å². The van der Waals surface area contributed by atoms with Gasteiger partial charge in [-0.1, -0.05) is 0 Å². The van der Waals surface area contributed by atoms with Gasteiger partial charge in [-0.2, -0.15) is 0 Å². The topological polar surface area (TPSA) is 67.3 Å². The predicted octanol–water partition coefficient (Wildman–Crippen LogP) is 0.608. The van der Waals surface area contributed by atoms with Gasteiger partial charge in [0.15, 0.2) is 0 Å². The summed E-state index contributed by atoms with van der Waals surface area (Å²) in [5.41, 5.74) is 0. The van der Waals surface area contributed by atoms with Crippen molar-refractivity contribution in [2.75, 3.05) is 43.2 Å². The molecule has 3 rings (SSSR count). The van der Waals surface area contributed by atoms with Crippen molar-refractivity contribution in [3.63, 3.8) is 0 Å². The van der Waals surface area contributed by atoms with Crippen LogP contribution in [0.4, 0.5) is 11.9 Å². The Labute approximate surface area is 123 Å². The fraction of sp³-hybridized carbons (Fsp3) is 0.429. The van der Waals surface area contributed by atoms with Gasteiger partial charge in [0, 0.05) is 51.5 Å². The molecule has 0 bridgehead atoms. The Kier molecular flexibility index (Phi) is 4.20. The number of piperazine rings is 1. The number of anilines is 2. The van der Waals surface area contributed by atoms with Crippen LogP contribution in [0, 0.1) is 0 Å². The van der Waals surface area contributed by atoms with Gasteiger partial charge >= 0.3 is 0 Å². The molecule has 21 heavy (non-hydrogen) atoms. The molecule has 1 fully saturated rings. The van der Waals surface area contributed by atoms with Crippen LogP contribution >= 0.6 is 0 Å². The van der Waals surface area contributed by atoms with E-state index in [2.05, 4.69) is 29.7 Å². The third-order valence-electron chi connectivity index (χ3n) is 3.49. The van der Waals surface area contributed by atoms with Crippen molar-refractivity contribution < 1.29 is 4.74 Å². The van der Waals surface area contributed by atoms with E-state index in [1.807, 2.05) is 12.1 Å². The smallest absolute Gasteiger partial charge is 0.225 e. The molecule has 0 spiro atoms. The molecule has 110 valence electrons. The zero-order valence-electron chi connectivity index (χ0n) is 12.0. The molecule has 0 aliphatic carbocycles. The summed E-state index contributed by atoms with van der Waals surface area (Å²) in [6.07, 6.45) is 7.05. The van der Waals surface area contributed by atoms with Gasteiger partial charge in [-0.25, -0.2) is 19.9 Å². The van der Waals surface area contributed by atoms with Crippen LogP contribution < -0.4 is 9.80 Å². The number of hydrogen-bond acceptors (Lipinski definition) is 7. The van der Waals surface area contributed by atoms with E-state index in [9.17, 15) is 0 Å². The van der Waals surface area contributed by atoms with Crippen LogP contribution in [0.2, 0.25) is 0 Å². The summed E-state index contributed by atoms with van der Waals surface area (Å²) >= 11 is 0. The van der Waals surface area contributed by atoms with Crippen molar-refractivity contribution in [2.45, 2.75) is 6.04 Å². The number of nitrogens with zero attached hydrogens (tertiary/aromatic N) is 6. The number of methoxy groups -OCH3 is 1. The highest BCUT2D eigenvalue weighted by Crippen LogP contribution is 2.18. The lowest BCUT2D eigenvalue weighted by Crippen LogP contribution is -2.56. The summed E-state index contributed by atoms with van der Waals surface area (Å²) in [6, 6.07) is 3.82. The van der Waals surface area contributed by atoms with E-state index >= 15 is 0 Å². The summed E-state index contributed by atoms with van der Waals surface area (Å²) in [5, 5.41) is 0. The molecule has 0 amide bonds. The highest BCUT2D eigenvalue weighted by Gasteiger charge is 2.29. The SMILES string of the molecule is COCC1CN(c2ncccn2)CCN1c1ncccn1. The Balaban J connectivity index is 1.77. The third-order valence-corrected chi connectivity index (χ3v) is 3.49. The maximum absolute atomic E-state index is 5.35. The molecule has 0 aromatic carbocycles. The van der Waals surface area contributed by atoms with Gasteiger partial charge in [0.05, 0.1) is 12.6 Å². The van der Waals surface area contributed by atoms with Crippen LogP contribution in [0.1, 0.15) is 0 Å². The lowest BCUT2D eigenvalue weighted by Gasteiger charge is -2.41. The summed E-state index contributed by atoms with van der Waals surface area (Å²) in [4.78, 5) is 21.7. The first-order valence-corrected chi connectivity index (χ1v) is 6.93. The minimum atomic E-state index is 0.176. The van der Waals surface area contributed by atoms with E-state index in [1.165, 1.54) is 0 Å². The highest BCUT2D eigenvalue weighted by molar-refractivity contribution is 5.39. The van der Waals surface area contributed by atoms with Gasteiger partial charge in [-0.05, 0) is 12.1 Å². The van der Waals surface area contributed by atoms with Crippen molar-refractivity contribution >= 4 is 11.9 Å². The van der Waals surface area contributed by atoms with Crippen molar-refractivity contribution in [1.29, 1.82) is 0 Å². The monoisotopic (exact) mass is 286 g/mol. The second-order valence-electron chi connectivity index (χ2n) is 4.85. The Bertz CT molecular complexity index is 552. The molecule has 1 saturated heterocycles. The van der Waals surface area contributed by atoms with E-state index in [1.54, 1.807) is 31.9 Å². The van der Waals surface area contributed by atoms with Gasteiger partial charge in [0.25, 0.3) is 0 Å². The van der Waals surface area contributed by atoms with E-state index in [4.69, 9.17) is 4.74 Å². The molecule has 7 nitrogen and oxygen atoms in total. The molecular formula is C14H18N6O. The molecule has 1 unspecified atom stereocenters. The Morgan fingerprint density at radius 1 is 1.00 bits per heavy atom. The standard InChI is InChI=1S/C14H18N6O/c1-21-11-12-10-19(13-15-4-2-5-16-13)8-9-20(12)14-17-6-3-7-18-14/h2-7,12H,8-11H2,1H3. The molecule has 0 saturated carbocycles. The minimum Gasteiger partial charge on any atom is -0.382 e. The van der Waals surface area contributed by atoms with Gasteiger partial charge in [-0.3, -0.25) is 0 Å². The van der Waals surface area contributed by atoms with E-state index < -0.39 is 0 Å². The Morgan fingerprint density at radius 2 is 1.62 bits per heavy atom. The van der Waals surface area contributed by atoms with E-state index in [0.29, 0.717) is 6.61 Å². The number of ether oxygens (including phenoxy) is 1. The van der Waals surface area contributed by atoms with Crippen LogP contribution in [0.5, 0.6) is 0 Å². The molecule has 7 heteroatoms. The maximum atomic E-state index is 5.35. The lowest BCUT2D eigenvalue weighted by molar-refractivity contribution is 0.173. The van der Waals surface area contributed by atoms with Crippen LogP contribution in [0.15, 0.2) is 36.9 Å². The summed E-state index contributed by atoms with van der Waals surface area (Å²) in [5.74, 6) is 1.50. The van der Waals surface area contributed by atoms with Gasteiger partial charge < -0.3 is 14.5 Å². The predicted molar refractivity (Wildman–Crippen MR) is 79.3 cm³/mol. The first-order valence-electron chi connectivity index (χ1n) is 6.93. The molecule has 3 heterocycles. The molecule has 0 N–H and O–H groups in total. The van der Waals surface area contributed by atoms with Crippen LogP contribution in [0.3, 0.4) is 0 Å². The zero-order chi connectivity index (χ0) is 14.5. The largest absolute Gasteiger partial charge is 0.382 e. The average molecular weight is 286 g/mol. The normalized spacial score (nSPS) is 18.8. The van der Waals surface area contributed by atoms with E-state index in [0.717, 1.165) is 31.5 Å². The molecule has 1 atom stereocenters. The molecule has 0 radical (unpaired) electrons. The van der Waals surface area contributed by atoms with Crippen molar-refractivity contribution in [2.24, 2.45) is 0 Å². The van der Waals surface area contributed by atoms with Crippen molar-refractivity contribution in [3.05, 3.63) is 36.9 Å². The molecule has 2 aromatic heterocycles. The first-order chi connectivity index (χ1) is 10.4. The van der Waals surface area contributed by atoms with Gasteiger partial charge in [-0.15, -0.1) is 0 Å². The van der Waals surface area contributed by atoms with Crippen molar-refractivity contribution in [3.8, 4) is 0 Å². The first kappa shape index (κ1) is 13.7. The highest BCUT2D eigenvalue weighted by atomic mass is 16.5. The summed E-state index contributed by atoms with van der Waals surface area (Å²) < 4.78 is 5.35. The molecule has 1 aliphatic rings. The number of rotatable bonds is 4. The molecule has 1 aliphatic heterocycles. The van der Waals surface area contributed by atoms with Crippen LogP contribution in [-0.2, 0) is 4.74 Å². The average Bonchev–Trinajstić information content (AvgIpc) is 2.57. The van der Waals surface area contributed by atoms with Crippen molar-refractivity contribution in [1.82, 2.24) is 19.9 Å². The third kappa shape index (κ3) is 3.08. The number of aromatic nitrogens is 4. The van der Waals surface area contributed by atoms with Gasteiger partial charge in [0.1, 0.15) is 0 Å². The fourth-order valence-corrected chi connectivity index (χ4v) is 2.53. The summed E-state index contributed by atoms with van der Waals surface area (Å²) in [6.45, 7) is 3.05. The zero-order valence-corrected chi connectivity index (χ0v) is 12.0. The Hall–Kier alpha value is -2.28. The Morgan fingerprint density at radius 3 is 2.24 bits per heavy atom. The quantitative estimate of drug-likeness (QED) is 0.815. The maximum Gasteiger partial charge on any atom is 0.225 e. The second-order valence-corrected chi connectivity index (χ2v) is 4.85. The minimum absolute atomic E-state index is 0.176. The molecule has 2 aromatic rings. The molecular weight excluding hydrogens is 268 g/mol. The van der Waals surface area contributed by atoms with Gasteiger partial charge in [0.2, 0.25) is 11.9 Å². The number of hydrogen-bond donors (Lipinski definition) is 0. The summed E-state index contributed by atoms with van der Waals surface area (Å²) in [7, 11) is 1.71. The van der Waals surface area contributed by atoms with Crippen LogP contribution in [-0.4, -0.2) is 59.3 Å². The fourth-order valence-electron chi connectivity index (χ4n) is 2.53. The van der Waals surface area contributed by atoms with Crippen LogP contribution in [0.25, 0.3) is 0 Å². The lowest BCUT2D eigenvalue weighted by atomic mass is 10.2. The second kappa shape index (κ2) is 6.45.